The number of hydrogen-bond donors (Lipinski definition) is 2. The lowest BCUT2D eigenvalue weighted by Crippen LogP contribution is -2.53. The molecule has 1 saturated heterocycles. The summed E-state index contributed by atoms with van der Waals surface area (Å²) in [6.07, 6.45) is 3.11. The smallest absolute Gasteiger partial charge is 0.247 e. The van der Waals surface area contributed by atoms with E-state index in [-0.39, 0.29) is 12.0 Å². The first-order chi connectivity index (χ1) is 17.1. The Balaban J connectivity index is 1.23. The van der Waals surface area contributed by atoms with Gasteiger partial charge in [-0.3, -0.25) is 19.8 Å². The van der Waals surface area contributed by atoms with Gasteiger partial charge < -0.3 is 14.5 Å². The van der Waals surface area contributed by atoms with Crippen LogP contribution in [-0.4, -0.2) is 59.2 Å². The van der Waals surface area contributed by atoms with Gasteiger partial charge in [-0.2, -0.15) is 0 Å². The van der Waals surface area contributed by atoms with Crippen molar-refractivity contribution >= 4 is 28.4 Å². The van der Waals surface area contributed by atoms with Gasteiger partial charge in [-0.05, 0) is 55.7 Å². The first kappa shape index (κ1) is 23.1. The molecule has 2 aliphatic rings. The largest absolute Gasteiger partial charge is 0.490 e. The summed E-state index contributed by atoms with van der Waals surface area (Å²) < 4.78 is 6.20. The Morgan fingerprint density at radius 2 is 1.74 bits per heavy atom. The minimum absolute atomic E-state index is 0.0125. The average Bonchev–Trinajstić information content (AvgIpc) is 2.92. The number of hydrogen-bond acceptors (Lipinski definition) is 6. The maximum Gasteiger partial charge on any atom is 0.247 e. The minimum Gasteiger partial charge on any atom is -0.490 e. The lowest BCUT2D eigenvalue weighted by molar-refractivity contribution is -0.148. The summed E-state index contributed by atoms with van der Waals surface area (Å²) in [5.41, 5.74) is 3.82. The Morgan fingerprint density at radius 3 is 2.51 bits per heavy atom. The van der Waals surface area contributed by atoms with Crippen LogP contribution in [0.1, 0.15) is 19.3 Å². The summed E-state index contributed by atoms with van der Waals surface area (Å²) in [6, 6.07) is 19.8. The van der Waals surface area contributed by atoms with Gasteiger partial charge >= 0.3 is 0 Å². The fourth-order valence-corrected chi connectivity index (χ4v) is 5.29. The van der Waals surface area contributed by atoms with Gasteiger partial charge in [0.1, 0.15) is 5.75 Å². The van der Waals surface area contributed by atoms with Crippen molar-refractivity contribution in [1.29, 1.82) is 0 Å². The van der Waals surface area contributed by atoms with Gasteiger partial charge in [0.25, 0.3) is 0 Å². The number of anilines is 1. The normalized spacial score (nSPS) is 22.6. The van der Waals surface area contributed by atoms with Gasteiger partial charge in [-0.15, -0.1) is 0 Å². The number of para-hydroxylation sites is 1. The summed E-state index contributed by atoms with van der Waals surface area (Å²) >= 11 is 0. The predicted octanol–water partition coefficient (Wildman–Crippen LogP) is 3.25. The quantitative estimate of drug-likeness (QED) is 0.436. The molecule has 8 heteroatoms. The fraction of sp³-hybridized carbons (Fsp3) is 0.370. The molecule has 2 fully saturated rings. The molecule has 2 N–H and O–H groups in total. The van der Waals surface area contributed by atoms with Crippen LogP contribution in [0.5, 0.6) is 5.75 Å². The van der Waals surface area contributed by atoms with Crippen LogP contribution in [0.25, 0.3) is 10.9 Å². The number of ether oxygens (including phenoxy) is 1. The molecule has 5 rings (SSSR count). The molecule has 1 aromatic heterocycles. The first-order valence-corrected chi connectivity index (χ1v) is 12.2. The molecule has 2 aromatic carbocycles. The minimum atomic E-state index is -0.638. The number of hydroxylamine groups is 1. The van der Waals surface area contributed by atoms with Crippen LogP contribution in [0.2, 0.25) is 0 Å². The monoisotopic (exact) mass is 474 g/mol. The van der Waals surface area contributed by atoms with E-state index in [1.165, 1.54) is 0 Å². The van der Waals surface area contributed by atoms with Crippen molar-refractivity contribution in [3.63, 3.8) is 0 Å². The van der Waals surface area contributed by atoms with E-state index in [1.807, 2.05) is 53.4 Å². The summed E-state index contributed by atoms with van der Waals surface area (Å²) in [4.78, 5) is 34.5. The second kappa shape index (κ2) is 10.3. The van der Waals surface area contributed by atoms with E-state index in [0.29, 0.717) is 38.1 Å². The molecule has 0 bridgehead atoms. The van der Waals surface area contributed by atoms with Gasteiger partial charge in [0.15, 0.2) is 0 Å². The zero-order valence-corrected chi connectivity index (χ0v) is 19.5. The zero-order valence-electron chi connectivity index (χ0n) is 19.5. The number of nitrogens with zero attached hydrogens (tertiary/aromatic N) is 3. The lowest BCUT2D eigenvalue weighted by atomic mass is 9.76. The number of rotatable bonds is 5. The predicted molar refractivity (Wildman–Crippen MR) is 132 cm³/mol. The number of carbonyl (C=O) groups is 2. The molecule has 0 spiro atoms. The molecule has 0 radical (unpaired) electrons. The summed E-state index contributed by atoms with van der Waals surface area (Å²) in [7, 11) is 0. The number of amides is 2. The second-order valence-corrected chi connectivity index (χ2v) is 9.25. The summed E-state index contributed by atoms with van der Waals surface area (Å²) in [5, 5.41) is 10.4. The third-order valence-electron chi connectivity index (χ3n) is 7.16. The highest BCUT2D eigenvalue weighted by molar-refractivity contribution is 5.87. The second-order valence-electron chi connectivity index (χ2n) is 9.25. The zero-order chi connectivity index (χ0) is 24.2. The SMILES string of the molecule is O=C(NO)[C@H]1C[C@H](Oc2ccc3ncccc3c2)CC[C@@H]1C(=O)N1CCN(c2ccccc2)CC1. The maximum atomic E-state index is 13.4. The average molecular weight is 475 g/mol. The molecule has 1 saturated carbocycles. The molecule has 0 unspecified atom stereocenters. The molecule has 8 nitrogen and oxygen atoms in total. The molecular weight excluding hydrogens is 444 g/mol. The Kier molecular flexibility index (Phi) is 6.81. The third-order valence-corrected chi connectivity index (χ3v) is 7.16. The summed E-state index contributed by atoms with van der Waals surface area (Å²) in [5.74, 6) is -0.934. The fourth-order valence-electron chi connectivity index (χ4n) is 5.29. The van der Waals surface area contributed by atoms with Crippen molar-refractivity contribution in [2.45, 2.75) is 25.4 Å². The Labute approximate surface area is 204 Å². The van der Waals surface area contributed by atoms with E-state index in [4.69, 9.17) is 4.74 Å². The van der Waals surface area contributed by atoms with Crippen molar-refractivity contribution in [1.82, 2.24) is 15.4 Å². The van der Waals surface area contributed by atoms with Gasteiger partial charge in [-0.25, -0.2) is 5.48 Å². The Hall–Kier alpha value is -3.65. The number of fused-ring (bicyclic) bond motifs is 1. The standard InChI is InChI=1S/C27H30N4O4/c32-26(29-34)24-18-22(35-21-9-11-25-19(17-21)5-4-12-28-25)8-10-23(24)27(33)31-15-13-30(14-16-31)20-6-2-1-3-7-20/h1-7,9,11-12,17,22-24,34H,8,10,13-16,18H2,(H,29,32)/t22-,23+,24+/m1/s1. The highest BCUT2D eigenvalue weighted by Gasteiger charge is 2.42. The molecule has 1 aliphatic heterocycles. The van der Waals surface area contributed by atoms with Gasteiger partial charge in [0, 0.05) is 43.4 Å². The van der Waals surface area contributed by atoms with E-state index in [0.717, 1.165) is 29.7 Å². The van der Waals surface area contributed by atoms with Crippen molar-refractivity contribution < 1.29 is 19.5 Å². The highest BCUT2D eigenvalue weighted by atomic mass is 16.5. The van der Waals surface area contributed by atoms with Crippen molar-refractivity contribution in [2.75, 3.05) is 31.1 Å². The van der Waals surface area contributed by atoms with Crippen LogP contribution in [0.3, 0.4) is 0 Å². The van der Waals surface area contributed by atoms with Crippen molar-refractivity contribution in [3.05, 3.63) is 66.9 Å². The van der Waals surface area contributed by atoms with Crippen LogP contribution in [0.15, 0.2) is 66.9 Å². The van der Waals surface area contributed by atoms with Gasteiger partial charge in [0.05, 0.1) is 23.5 Å². The molecule has 182 valence electrons. The topological polar surface area (TPSA) is 95.0 Å². The van der Waals surface area contributed by atoms with E-state index in [9.17, 15) is 14.8 Å². The van der Waals surface area contributed by atoms with E-state index >= 15 is 0 Å². The molecular formula is C27H30N4O4. The molecule has 3 atom stereocenters. The molecule has 3 aromatic rings. The maximum absolute atomic E-state index is 13.4. The molecule has 1 aliphatic carbocycles. The van der Waals surface area contributed by atoms with Crippen LogP contribution in [0, 0.1) is 11.8 Å². The number of aromatic nitrogens is 1. The Bertz CT molecular complexity index is 1180. The molecule has 2 heterocycles. The van der Waals surface area contributed by atoms with E-state index < -0.39 is 17.7 Å². The van der Waals surface area contributed by atoms with E-state index in [1.54, 1.807) is 11.7 Å². The van der Waals surface area contributed by atoms with Crippen LogP contribution in [0.4, 0.5) is 5.69 Å². The molecule has 35 heavy (non-hydrogen) atoms. The highest BCUT2D eigenvalue weighted by Crippen LogP contribution is 2.35. The van der Waals surface area contributed by atoms with Gasteiger partial charge in [-0.1, -0.05) is 24.3 Å². The first-order valence-electron chi connectivity index (χ1n) is 12.2. The molecule has 2 amide bonds. The number of piperazine rings is 1. The van der Waals surface area contributed by atoms with Gasteiger partial charge in [0.2, 0.25) is 11.8 Å². The summed E-state index contributed by atoms with van der Waals surface area (Å²) in [6.45, 7) is 2.73. The third kappa shape index (κ3) is 5.07. The number of carbonyl (C=O) groups excluding carboxylic acids is 2. The van der Waals surface area contributed by atoms with Crippen molar-refractivity contribution in [3.8, 4) is 5.75 Å². The van der Waals surface area contributed by atoms with E-state index in [2.05, 4.69) is 22.0 Å². The number of nitrogens with one attached hydrogen (secondary N) is 1. The number of benzene rings is 2. The Morgan fingerprint density at radius 1 is 0.943 bits per heavy atom. The van der Waals surface area contributed by atoms with Crippen LogP contribution < -0.4 is 15.1 Å². The lowest BCUT2D eigenvalue weighted by Gasteiger charge is -2.40. The van der Waals surface area contributed by atoms with Crippen molar-refractivity contribution in [2.24, 2.45) is 11.8 Å². The van der Waals surface area contributed by atoms with Crippen LogP contribution in [-0.2, 0) is 9.59 Å². The van der Waals surface area contributed by atoms with Crippen LogP contribution >= 0.6 is 0 Å². The number of pyridine rings is 1.